The van der Waals surface area contributed by atoms with Gasteiger partial charge in [0.05, 0.1) is 22.7 Å². The molecule has 0 spiro atoms. The molecule has 4 rings (SSSR count). The molecule has 0 bridgehead atoms. The summed E-state index contributed by atoms with van der Waals surface area (Å²) in [5, 5.41) is 20.1. The number of hydrogen-bond acceptors (Lipinski definition) is 3. The van der Waals surface area contributed by atoms with Crippen molar-refractivity contribution in [1.29, 1.82) is 5.26 Å². The molecule has 0 aromatic heterocycles. The summed E-state index contributed by atoms with van der Waals surface area (Å²) in [6.45, 7) is 6.07. The van der Waals surface area contributed by atoms with Gasteiger partial charge < -0.3 is 10.0 Å². The number of nitrogens with zero attached hydrogens (tertiary/aromatic N) is 2. The Bertz CT molecular complexity index is 1490. The number of carboxylic acids is 1. The third kappa shape index (κ3) is 6.10. The van der Waals surface area contributed by atoms with Gasteiger partial charge in [-0.25, -0.2) is 13.6 Å². The zero-order valence-electron chi connectivity index (χ0n) is 22.9. The van der Waals surface area contributed by atoms with Crippen LogP contribution in [0.2, 0.25) is 5.02 Å². The molecule has 0 saturated carbocycles. The van der Waals surface area contributed by atoms with Crippen LogP contribution in [0.3, 0.4) is 0 Å². The number of nitriles is 1. The van der Waals surface area contributed by atoms with E-state index in [4.69, 9.17) is 28.3 Å². The van der Waals surface area contributed by atoms with Crippen molar-refractivity contribution in [1.82, 2.24) is 4.90 Å². The molecule has 9 heteroatoms. The Labute approximate surface area is 248 Å². The van der Waals surface area contributed by atoms with Crippen LogP contribution in [-0.4, -0.2) is 34.5 Å². The lowest BCUT2D eigenvalue weighted by molar-refractivity contribution is -0.128. The van der Waals surface area contributed by atoms with Gasteiger partial charge in [-0.3, -0.25) is 4.79 Å². The molecule has 214 valence electrons. The van der Waals surface area contributed by atoms with Crippen molar-refractivity contribution in [3.63, 3.8) is 0 Å². The van der Waals surface area contributed by atoms with Gasteiger partial charge in [-0.2, -0.15) is 5.26 Å². The molecule has 1 aliphatic heterocycles. The first-order valence-electron chi connectivity index (χ1n) is 13.2. The van der Waals surface area contributed by atoms with Crippen molar-refractivity contribution in [3.05, 3.63) is 99.1 Å². The zero-order valence-corrected chi connectivity index (χ0v) is 24.4. The van der Waals surface area contributed by atoms with E-state index in [0.29, 0.717) is 12.0 Å². The van der Waals surface area contributed by atoms with Crippen molar-refractivity contribution in [2.45, 2.75) is 45.1 Å². The fourth-order valence-corrected chi connectivity index (χ4v) is 6.46. The minimum atomic E-state index is -1.61. The van der Waals surface area contributed by atoms with Crippen molar-refractivity contribution in [3.8, 4) is 6.07 Å². The Kier molecular flexibility index (Phi) is 8.77. The number of hydrogen-bond donors (Lipinski definition) is 1. The summed E-state index contributed by atoms with van der Waals surface area (Å²) in [4.78, 5) is 26.5. The summed E-state index contributed by atoms with van der Waals surface area (Å²) in [6, 6.07) is 11.3. The Hall–Kier alpha value is -3.47. The number of amides is 1. The summed E-state index contributed by atoms with van der Waals surface area (Å²) in [7, 11) is 0. The van der Waals surface area contributed by atoms with Crippen LogP contribution in [-0.2, 0) is 10.2 Å². The number of carbonyl (C=O) groups is 2. The van der Waals surface area contributed by atoms with E-state index in [-0.39, 0.29) is 39.6 Å². The van der Waals surface area contributed by atoms with E-state index < -0.39 is 46.8 Å². The highest BCUT2D eigenvalue weighted by atomic mass is 35.5. The smallest absolute Gasteiger partial charge is 0.335 e. The molecule has 0 radical (unpaired) electrons. The number of carboxylic acid groups (broad SMARTS) is 1. The first-order chi connectivity index (χ1) is 19.3. The maximum atomic E-state index is 15.8. The number of allylic oxidation sites excluding steroid dienone is 3. The van der Waals surface area contributed by atoms with Gasteiger partial charge in [0.15, 0.2) is 0 Å². The normalized spacial score (nSPS) is 24.6. The standard InChI is InChI=1S/C32H30Cl2F2N2O3/c1-31(2,3)16-21-17-38(27(39)14-9-19-7-10-20(11-8-19)30(40)41)29(23-5-4-6-25(34)28(23)36)32(21,18-37)24-13-12-22(33)15-26(24)35/h4,6-15,21,23,29H,5,16-17H2,1-3H3,(H,40,41)/b14-9+/t21-,23?,29-,32-/m1/s1. The van der Waals surface area contributed by atoms with Crippen molar-refractivity contribution in [2.24, 2.45) is 17.3 Å². The summed E-state index contributed by atoms with van der Waals surface area (Å²) in [5.41, 5.74) is -1.18. The van der Waals surface area contributed by atoms with Crippen LogP contribution in [0, 0.1) is 34.4 Å². The summed E-state index contributed by atoms with van der Waals surface area (Å²) in [6.07, 6.45) is 6.58. The molecule has 41 heavy (non-hydrogen) atoms. The Balaban J connectivity index is 1.87. The van der Waals surface area contributed by atoms with E-state index in [1.165, 1.54) is 47.4 Å². The third-order valence-electron chi connectivity index (χ3n) is 7.73. The topological polar surface area (TPSA) is 81.4 Å². The SMILES string of the molecule is CC(C)(C)C[C@@H]1CN(C(=O)/C=C/c2ccc(C(=O)O)cc2)[C@H](C2CC=CC(Cl)=C2F)[C@@]1(C#N)c1ccc(Cl)cc1F. The molecule has 1 N–H and O–H groups in total. The number of halogens is 4. The molecular weight excluding hydrogens is 569 g/mol. The Morgan fingerprint density at radius 1 is 1.17 bits per heavy atom. The molecule has 2 aliphatic rings. The molecule has 4 atom stereocenters. The number of likely N-dealkylation sites (tertiary alicyclic amines) is 1. The molecule has 2 aromatic carbocycles. The molecule has 1 amide bonds. The lowest BCUT2D eigenvalue weighted by Gasteiger charge is -2.41. The highest BCUT2D eigenvalue weighted by Gasteiger charge is 2.61. The number of carbonyl (C=O) groups excluding carboxylic acids is 1. The fourth-order valence-electron chi connectivity index (χ4n) is 6.08. The van der Waals surface area contributed by atoms with Gasteiger partial charge in [0.25, 0.3) is 0 Å². The average molecular weight is 600 g/mol. The van der Waals surface area contributed by atoms with Crippen LogP contribution in [0.5, 0.6) is 0 Å². The monoisotopic (exact) mass is 598 g/mol. The molecule has 1 fully saturated rings. The summed E-state index contributed by atoms with van der Waals surface area (Å²) in [5.74, 6) is -4.44. The van der Waals surface area contributed by atoms with Crippen LogP contribution >= 0.6 is 23.2 Å². The van der Waals surface area contributed by atoms with E-state index in [2.05, 4.69) is 6.07 Å². The van der Waals surface area contributed by atoms with Gasteiger partial charge in [-0.15, -0.1) is 0 Å². The summed E-state index contributed by atoms with van der Waals surface area (Å²) >= 11 is 12.3. The minimum absolute atomic E-state index is 0.0608. The second-order valence-electron chi connectivity index (χ2n) is 11.7. The van der Waals surface area contributed by atoms with Crippen LogP contribution < -0.4 is 0 Å². The number of aromatic carboxylic acids is 1. The van der Waals surface area contributed by atoms with Crippen molar-refractivity contribution in [2.75, 3.05) is 6.54 Å². The number of rotatable bonds is 6. The predicted octanol–water partition coefficient (Wildman–Crippen LogP) is 7.91. The maximum absolute atomic E-state index is 15.8. The maximum Gasteiger partial charge on any atom is 0.335 e. The largest absolute Gasteiger partial charge is 0.478 e. The van der Waals surface area contributed by atoms with E-state index >= 15 is 8.78 Å². The lowest BCUT2D eigenvalue weighted by Crippen LogP contribution is -2.51. The Morgan fingerprint density at radius 2 is 1.85 bits per heavy atom. The van der Waals surface area contributed by atoms with E-state index in [0.717, 1.165) is 6.07 Å². The van der Waals surface area contributed by atoms with E-state index in [1.54, 1.807) is 18.2 Å². The van der Waals surface area contributed by atoms with Crippen LogP contribution in [0.1, 0.15) is 55.1 Å². The molecule has 1 heterocycles. The fraction of sp³-hybridized carbons (Fsp3) is 0.344. The van der Waals surface area contributed by atoms with Gasteiger partial charge in [-0.05, 0) is 60.2 Å². The second kappa shape index (κ2) is 11.8. The van der Waals surface area contributed by atoms with Gasteiger partial charge in [0.2, 0.25) is 5.91 Å². The van der Waals surface area contributed by atoms with Gasteiger partial charge in [-0.1, -0.05) is 68.2 Å². The van der Waals surface area contributed by atoms with Crippen LogP contribution in [0.15, 0.2) is 71.6 Å². The molecule has 1 unspecified atom stereocenters. The van der Waals surface area contributed by atoms with Crippen LogP contribution in [0.4, 0.5) is 8.78 Å². The van der Waals surface area contributed by atoms with Gasteiger partial charge in [0.1, 0.15) is 17.1 Å². The predicted molar refractivity (Wildman–Crippen MR) is 155 cm³/mol. The highest BCUT2D eigenvalue weighted by molar-refractivity contribution is 6.31. The van der Waals surface area contributed by atoms with E-state index in [1.807, 2.05) is 20.8 Å². The molecular formula is C32H30Cl2F2N2O3. The number of benzene rings is 2. The highest BCUT2D eigenvalue weighted by Crippen LogP contribution is 2.54. The Morgan fingerprint density at radius 3 is 2.44 bits per heavy atom. The third-order valence-corrected chi connectivity index (χ3v) is 8.27. The van der Waals surface area contributed by atoms with Gasteiger partial charge >= 0.3 is 5.97 Å². The van der Waals surface area contributed by atoms with Crippen molar-refractivity contribution < 1.29 is 23.5 Å². The quantitative estimate of drug-likeness (QED) is 0.342. The van der Waals surface area contributed by atoms with Crippen LogP contribution in [0.25, 0.3) is 6.08 Å². The molecule has 5 nitrogen and oxygen atoms in total. The van der Waals surface area contributed by atoms with Gasteiger partial charge in [0, 0.05) is 35.0 Å². The minimum Gasteiger partial charge on any atom is -0.478 e. The zero-order chi connectivity index (χ0) is 30.1. The first kappa shape index (κ1) is 30.5. The summed E-state index contributed by atoms with van der Waals surface area (Å²) < 4.78 is 31.5. The lowest BCUT2D eigenvalue weighted by atomic mass is 9.61. The van der Waals surface area contributed by atoms with E-state index in [9.17, 15) is 14.9 Å². The van der Waals surface area contributed by atoms with Crippen molar-refractivity contribution >= 4 is 41.2 Å². The molecule has 1 saturated heterocycles. The average Bonchev–Trinajstić information content (AvgIpc) is 3.22. The molecule has 2 aromatic rings. The second-order valence-corrected chi connectivity index (χ2v) is 12.5. The first-order valence-corrected chi connectivity index (χ1v) is 13.9. The molecule has 1 aliphatic carbocycles.